The molecule has 0 spiro atoms. The van der Waals surface area contributed by atoms with Crippen molar-refractivity contribution in [2.75, 3.05) is 5.32 Å². The Morgan fingerprint density at radius 2 is 1.31 bits per heavy atom. The molecular formula is C52H49BN. The molecule has 1 N–H and O–H groups in total. The predicted molar refractivity (Wildman–Crippen MR) is 231 cm³/mol. The van der Waals surface area contributed by atoms with Gasteiger partial charge in [-0.05, 0) is 122 Å². The fourth-order valence-corrected chi connectivity index (χ4v) is 10.7. The topological polar surface area (TPSA) is 12.0 Å². The van der Waals surface area contributed by atoms with Gasteiger partial charge in [0.25, 0.3) is 0 Å². The van der Waals surface area contributed by atoms with E-state index < -0.39 is 0 Å². The number of benzene rings is 6. The van der Waals surface area contributed by atoms with Crippen LogP contribution in [0.4, 0.5) is 11.4 Å². The number of hydrogen-bond donors (Lipinski definition) is 1. The standard InChI is InChI=1S/C52H49BN/c1-4-5-8-16-34-31-41(50-42(32-34)46-48-47-43(21-15-22-44(47)53-50)51(2)29-13-14-30-52(51,3)49(46)48)40-33-38(36-19-11-7-12-20-36)25-28-45(40)54-39-26-23-37(24-27-39)35-17-9-6-10-18-35/h6-7,9-12,15,17-28,31-33,49,54H,4-5,8,13-14,16,29-30H2,1-3H3. The molecule has 1 nitrogen and oxygen atoms in total. The molecule has 6 aromatic carbocycles. The van der Waals surface area contributed by atoms with Crippen molar-refractivity contribution in [3.8, 4) is 33.4 Å². The van der Waals surface area contributed by atoms with E-state index in [4.69, 9.17) is 0 Å². The Hall–Kier alpha value is -5.08. The van der Waals surface area contributed by atoms with E-state index in [0.29, 0.717) is 5.92 Å². The summed E-state index contributed by atoms with van der Waals surface area (Å²) < 4.78 is 0. The average Bonchev–Trinajstić information content (AvgIpc) is 3.98. The van der Waals surface area contributed by atoms with E-state index in [9.17, 15) is 0 Å². The van der Waals surface area contributed by atoms with E-state index >= 15 is 0 Å². The minimum absolute atomic E-state index is 0.205. The van der Waals surface area contributed by atoms with Crippen LogP contribution in [0, 0.1) is 11.3 Å². The van der Waals surface area contributed by atoms with Crippen LogP contribution in [-0.2, 0) is 11.8 Å². The summed E-state index contributed by atoms with van der Waals surface area (Å²) in [6.45, 7) is 7.57. The number of aryl methyl sites for hydroxylation is 1. The molecule has 1 aliphatic heterocycles. The molecule has 265 valence electrons. The van der Waals surface area contributed by atoms with Crippen molar-refractivity contribution in [2.45, 2.75) is 77.6 Å². The Balaban J connectivity index is 1.16. The van der Waals surface area contributed by atoms with E-state index in [0.717, 1.165) is 17.8 Å². The average molecular weight is 699 g/mol. The molecule has 2 heteroatoms. The van der Waals surface area contributed by atoms with Gasteiger partial charge in [0, 0.05) is 22.9 Å². The zero-order valence-corrected chi connectivity index (χ0v) is 32.0. The van der Waals surface area contributed by atoms with Crippen LogP contribution in [0.15, 0.2) is 133 Å². The molecule has 1 radical (unpaired) electrons. The number of anilines is 2. The molecule has 3 unspecified atom stereocenters. The first-order valence-electron chi connectivity index (χ1n) is 20.5. The number of hydrogen-bond acceptors (Lipinski definition) is 1. The summed E-state index contributed by atoms with van der Waals surface area (Å²) in [5, 5.41) is 3.91. The Morgan fingerprint density at radius 1 is 0.630 bits per heavy atom. The lowest BCUT2D eigenvalue weighted by molar-refractivity contribution is 0.0711. The number of allylic oxidation sites excluding steroid dienone is 2. The van der Waals surface area contributed by atoms with E-state index in [1.165, 1.54) is 100 Å². The third-order valence-electron chi connectivity index (χ3n) is 13.9. The monoisotopic (exact) mass is 698 g/mol. The van der Waals surface area contributed by atoms with Crippen molar-refractivity contribution < 1.29 is 0 Å². The molecule has 3 aliphatic carbocycles. The lowest BCUT2D eigenvalue weighted by Crippen LogP contribution is -2.51. The maximum absolute atomic E-state index is 3.91. The van der Waals surface area contributed by atoms with Crippen molar-refractivity contribution in [1.29, 1.82) is 0 Å². The van der Waals surface area contributed by atoms with Crippen LogP contribution >= 0.6 is 0 Å². The van der Waals surface area contributed by atoms with Crippen molar-refractivity contribution in [2.24, 2.45) is 11.3 Å². The summed E-state index contributed by atoms with van der Waals surface area (Å²) in [5.74, 6) is 0.541. The fourth-order valence-electron chi connectivity index (χ4n) is 10.7. The summed E-state index contributed by atoms with van der Waals surface area (Å²) in [5.41, 5.74) is 22.4. The Morgan fingerprint density at radius 3 is 2.07 bits per heavy atom. The van der Waals surface area contributed by atoms with Crippen LogP contribution in [0.3, 0.4) is 0 Å². The van der Waals surface area contributed by atoms with Crippen LogP contribution in [-0.4, -0.2) is 7.28 Å². The minimum Gasteiger partial charge on any atom is -0.355 e. The quantitative estimate of drug-likeness (QED) is 0.117. The van der Waals surface area contributed by atoms with Gasteiger partial charge in [-0.3, -0.25) is 0 Å². The van der Waals surface area contributed by atoms with E-state index in [-0.39, 0.29) is 10.8 Å². The molecule has 0 bridgehead atoms. The second kappa shape index (κ2) is 13.0. The minimum atomic E-state index is 0.205. The van der Waals surface area contributed by atoms with Gasteiger partial charge in [-0.2, -0.15) is 0 Å². The first-order valence-corrected chi connectivity index (χ1v) is 20.5. The fraction of sp³-hybridized carbons (Fsp3) is 0.269. The summed E-state index contributed by atoms with van der Waals surface area (Å²) in [6.07, 6.45) is 10.1. The van der Waals surface area contributed by atoms with Crippen LogP contribution in [0.1, 0.15) is 88.0 Å². The molecule has 54 heavy (non-hydrogen) atoms. The molecule has 4 aliphatic rings. The normalized spacial score (nSPS) is 21.6. The van der Waals surface area contributed by atoms with Crippen molar-refractivity contribution in [3.05, 3.63) is 156 Å². The predicted octanol–water partition coefficient (Wildman–Crippen LogP) is 12.5. The second-order valence-electron chi connectivity index (χ2n) is 16.9. The summed E-state index contributed by atoms with van der Waals surface area (Å²) >= 11 is 0. The summed E-state index contributed by atoms with van der Waals surface area (Å²) in [6, 6.07) is 49.9. The van der Waals surface area contributed by atoms with Crippen LogP contribution in [0.2, 0.25) is 0 Å². The Kier molecular flexibility index (Phi) is 8.09. The third kappa shape index (κ3) is 5.28. The van der Waals surface area contributed by atoms with Crippen molar-refractivity contribution in [3.63, 3.8) is 0 Å². The van der Waals surface area contributed by atoms with Gasteiger partial charge < -0.3 is 5.32 Å². The van der Waals surface area contributed by atoms with Crippen molar-refractivity contribution >= 4 is 40.7 Å². The number of unbranched alkanes of at least 4 members (excludes halogenated alkanes) is 2. The second-order valence-corrected chi connectivity index (χ2v) is 16.9. The lowest BCUT2D eigenvalue weighted by Gasteiger charge is -2.55. The molecule has 1 heterocycles. The zero-order chi connectivity index (χ0) is 36.4. The summed E-state index contributed by atoms with van der Waals surface area (Å²) in [4.78, 5) is 0. The van der Waals surface area contributed by atoms with Gasteiger partial charge in [0.05, 0.1) is 0 Å². The lowest BCUT2D eigenvalue weighted by atomic mass is 9.46. The molecule has 1 fully saturated rings. The molecule has 0 saturated heterocycles. The van der Waals surface area contributed by atoms with Gasteiger partial charge in [0.1, 0.15) is 0 Å². The van der Waals surface area contributed by atoms with Gasteiger partial charge in [-0.15, -0.1) is 0 Å². The molecule has 3 atom stereocenters. The molecule has 10 rings (SSSR count). The molecule has 1 saturated carbocycles. The summed E-state index contributed by atoms with van der Waals surface area (Å²) in [7, 11) is 2.56. The smallest absolute Gasteiger partial charge is 0.193 e. The maximum atomic E-state index is 3.91. The van der Waals surface area contributed by atoms with Crippen LogP contribution < -0.4 is 16.2 Å². The van der Waals surface area contributed by atoms with E-state index in [1.54, 1.807) is 22.3 Å². The number of rotatable bonds is 9. The molecule has 0 amide bonds. The first-order chi connectivity index (χ1) is 26.5. The molecular weight excluding hydrogens is 649 g/mol. The molecule has 6 aromatic rings. The largest absolute Gasteiger partial charge is 0.355 e. The zero-order valence-electron chi connectivity index (χ0n) is 32.0. The molecule has 0 aromatic heterocycles. The first kappa shape index (κ1) is 33.5. The van der Waals surface area contributed by atoms with Gasteiger partial charge in [0.2, 0.25) is 0 Å². The Labute approximate surface area is 322 Å². The highest BCUT2D eigenvalue weighted by molar-refractivity contribution is 6.72. The van der Waals surface area contributed by atoms with Crippen LogP contribution in [0.25, 0.3) is 44.5 Å². The van der Waals surface area contributed by atoms with Crippen LogP contribution in [0.5, 0.6) is 0 Å². The van der Waals surface area contributed by atoms with Gasteiger partial charge in [0.15, 0.2) is 7.28 Å². The third-order valence-corrected chi connectivity index (χ3v) is 13.9. The Bertz CT molecular complexity index is 2420. The highest BCUT2D eigenvalue weighted by atomic mass is 14.9. The van der Waals surface area contributed by atoms with Gasteiger partial charge >= 0.3 is 0 Å². The number of nitrogens with one attached hydrogen (secondary N) is 1. The highest BCUT2D eigenvalue weighted by Crippen LogP contribution is 2.74. The highest BCUT2D eigenvalue weighted by Gasteiger charge is 2.64. The maximum Gasteiger partial charge on any atom is 0.193 e. The number of fused-ring (bicyclic) bond motifs is 6. The van der Waals surface area contributed by atoms with E-state index in [1.807, 2.05) is 0 Å². The SMILES string of the molecule is CCCCCc1cc2c(c(-c3cc(-c4ccccc4)ccc3Nc3ccc(-c4ccccc4)cc3)c1)[B]c1cccc3c1C1=C2C1C1(C)CCCCC31C. The van der Waals surface area contributed by atoms with Gasteiger partial charge in [-0.25, -0.2) is 0 Å². The van der Waals surface area contributed by atoms with Gasteiger partial charge in [-0.1, -0.05) is 167 Å². The van der Waals surface area contributed by atoms with E-state index in [2.05, 4.69) is 167 Å². The van der Waals surface area contributed by atoms with Crippen molar-refractivity contribution in [1.82, 2.24) is 0 Å².